The van der Waals surface area contributed by atoms with Crippen LogP contribution in [0.1, 0.15) is 55.6 Å². The van der Waals surface area contributed by atoms with Gasteiger partial charge in [0.2, 0.25) is 0 Å². The summed E-state index contributed by atoms with van der Waals surface area (Å²) in [5.41, 5.74) is 0.838. The fourth-order valence-corrected chi connectivity index (χ4v) is 3.31. The van der Waals surface area contributed by atoms with E-state index < -0.39 is 0 Å². The molecule has 4 heteroatoms. The van der Waals surface area contributed by atoms with Gasteiger partial charge in [0.15, 0.2) is 0 Å². The third-order valence-electron chi connectivity index (χ3n) is 4.98. The van der Waals surface area contributed by atoms with Gasteiger partial charge in [-0.25, -0.2) is 0 Å². The summed E-state index contributed by atoms with van der Waals surface area (Å²) in [6, 6.07) is 4.45. The molecule has 1 aromatic rings. The van der Waals surface area contributed by atoms with Crippen LogP contribution in [0.2, 0.25) is 0 Å². The smallest absolute Gasteiger partial charge is 0.270 e. The van der Waals surface area contributed by atoms with E-state index in [9.17, 15) is 9.90 Å². The van der Waals surface area contributed by atoms with Crippen LogP contribution in [0.5, 0.6) is 0 Å². The minimum absolute atomic E-state index is 0.158. The molecule has 1 aliphatic carbocycles. The van der Waals surface area contributed by atoms with Crippen LogP contribution in [-0.4, -0.2) is 39.7 Å². The number of aromatic nitrogens is 1. The van der Waals surface area contributed by atoms with Crippen molar-refractivity contribution in [3.05, 3.63) is 24.0 Å². The molecule has 4 nitrogen and oxygen atoms in total. The highest BCUT2D eigenvalue weighted by molar-refractivity contribution is 5.92. The predicted octanol–water partition coefficient (Wildman–Crippen LogP) is 2.45. The predicted molar refractivity (Wildman–Crippen MR) is 77.6 cm³/mol. The van der Waals surface area contributed by atoms with Crippen LogP contribution < -0.4 is 0 Å². The van der Waals surface area contributed by atoms with Gasteiger partial charge in [-0.2, -0.15) is 0 Å². The molecule has 110 valence electrons. The molecule has 1 aliphatic heterocycles. The lowest BCUT2D eigenvalue weighted by atomic mass is 9.91. The molecular weight excluding hydrogens is 252 g/mol. The van der Waals surface area contributed by atoms with E-state index in [0.717, 1.165) is 31.6 Å². The first-order chi connectivity index (χ1) is 9.66. The van der Waals surface area contributed by atoms with Gasteiger partial charge >= 0.3 is 0 Å². The maximum absolute atomic E-state index is 12.6. The Morgan fingerprint density at radius 2 is 2.00 bits per heavy atom. The van der Waals surface area contributed by atoms with Gasteiger partial charge in [0, 0.05) is 25.3 Å². The number of nitrogens with zero attached hydrogens (tertiary/aromatic N) is 2. The van der Waals surface area contributed by atoms with Crippen molar-refractivity contribution in [1.29, 1.82) is 0 Å². The second-order valence-corrected chi connectivity index (χ2v) is 6.26. The van der Waals surface area contributed by atoms with Crippen LogP contribution in [0.4, 0.5) is 0 Å². The average molecular weight is 276 g/mol. The van der Waals surface area contributed by atoms with Crippen molar-refractivity contribution in [2.24, 2.45) is 5.92 Å². The van der Waals surface area contributed by atoms with E-state index in [1.807, 2.05) is 30.2 Å². The molecule has 1 atom stereocenters. The normalized spacial score (nSPS) is 22.6. The number of rotatable bonds is 3. The van der Waals surface area contributed by atoms with Crippen molar-refractivity contribution in [2.75, 3.05) is 13.1 Å². The lowest BCUT2D eigenvalue weighted by molar-refractivity contribution is 0.0509. The van der Waals surface area contributed by atoms with Gasteiger partial charge in [-0.15, -0.1) is 0 Å². The molecule has 2 aliphatic rings. The summed E-state index contributed by atoms with van der Waals surface area (Å²) in [7, 11) is 0. The minimum atomic E-state index is -0.258. The molecule has 1 amide bonds. The number of hydrogen-bond acceptors (Lipinski definition) is 2. The summed E-state index contributed by atoms with van der Waals surface area (Å²) in [6.07, 6.45) is 7.26. The Bertz CT molecular complexity index is 469. The van der Waals surface area contributed by atoms with Gasteiger partial charge in [0.05, 0.1) is 6.10 Å². The maximum Gasteiger partial charge on any atom is 0.270 e. The molecule has 1 saturated carbocycles. The number of carbonyl (C=O) groups excluding carboxylic acids is 1. The van der Waals surface area contributed by atoms with E-state index in [2.05, 4.69) is 4.57 Å². The highest BCUT2D eigenvalue weighted by Gasteiger charge is 2.29. The van der Waals surface area contributed by atoms with E-state index in [1.165, 1.54) is 19.3 Å². The fraction of sp³-hybridized carbons (Fsp3) is 0.688. The van der Waals surface area contributed by atoms with E-state index in [4.69, 9.17) is 0 Å². The summed E-state index contributed by atoms with van der Waals surface area (Å²) >= 11 is 0. The number of aliphatic hydroxyl groups excluding tert-OH is 1. The lowest BCUT2D eigenvalue weighted by Crippen LogP contribution is -2.41. The van der Waals surface area contributed by atoms with Crippen molar-refractivity contribution in [3.8, 4) is 0 Å². The number of likely N-dealkylation sites (tertiary alicyclic amines) is 1. The zero-order chi connectivity index (χ0) is 14.1. The Morgan fingerprint density at radius 1 is 1.30 bits per heavy atom. The second-order valence-electron chi connectivity index (χ2n) is 6.26. The first kappa shape index (κ1) is 13.7. The van der Waals surface area contributed by atoms with Gasteiger partial charge in [-0.05, 0) is 57.1 Å². The average Bonchev–Trinajstić information content (AvgIpc) is 2.85. The van der Waals surface area contributed by atoms with E-state index >= 15 is 0 Å². The molecule has 0 aromatic carbocycles. The first-order valence-corrected chi connectivity index (χ1v) is 7.81. The highest BCUT2D eigenvalue weighted by atomic mass is 16.3. The van der Waals surface area contributed by atoms with Gasteiger partial charge in [-0.3, -0.25) is 4.79 Å². The SMILES string of the molecule is CC(O)C1CCN(C(=O)c2cccn2C2CCC2)CC1. The van der Waals surface area contributed by atoms with Gasteiger partial charge in [0.25, 0.3) is 5.91 Å². The molecule has 2 heterocycles. The molecule has 2 fully saturated rings. The number of hydrogen-bond donors (Lipinski definition) is 1. The van der Waals surface area contributed by atoms with Gasteiger partial charge in [0.1, 0.15) is 5.69 Å². The maximum atomic E-state index is 12.6. The summed E-state index contributed by atoms with van der Waals surface area (Å²) in [6.45, 7) is 3.39. The van der Waals surface area contributed by atoms with Gasteiger partial charge in [-0.1, -0.05) is 0 Å². The van der Waals surface area contributed by atoms with Gasteiger partial charge < -0.3 is 14.6 Å². The molecule has 20 heavy (non-hydrogen) atoms. The molecule has 0 bridgehead atoms. The number of carbonyl (C=O) groups is 1. The Morgan fingerprint density at radius 3 is 2.55 bits per heavy atom. The summed E-state index contributed by atoms with van der Waals surface area (Å²) < 4.78 is 2.16. The molecule has 3 rings (SSSR count). The Labute approximate surface area is 120 Å². The Hall–Kier alpha value is -1.29. The van der Waals surface area contributed by atoms with Crippen molar-refractivity contribution < 1.29 is 9.90 Å². The van der Waals surface area contributed by atoms with Crippen molar-refractivity contribution >= 4 is 5.91 Å². The second kappa shape index (κ2) is 5.60. The number of aliphatic hydroxyl groups is 1. The van der Waals surface area contributed by atoms with Crippen LogP contribution in [0.25, 0.3) is 0 Å². The highest BCUT2D eigenvalue weighted by Crippen LogP contribution is 2.33. The van der Waals surface area contributed by atoms with Crippen molar-refractivity contribution in [2.45, 2.75) is 51.2 Å². The van der Waals surface area contributed by atoms with E-state index in [-0.39, 0.29) is 12.0 Å². The van der Waals surface area contributed by atoms with Crippen molar-refractivity contribution in [1.82, 2.24) is 9.47 Å². The molecule has 1 unspecified atom stereocenters. The Balaban J connectivity index is 1.66. The lowest BCUT2D eigenvalue weighted by Gasteiger charge is -2.34. The summed E-state index contributed by atoms with van der Waals surface area (Å²) in [5, 5.41) is 9.63. The third kappa shape index (κ3) is 2.49. The van der Waals surface area contributed by atoms with E-state index in [1.54, 1.807) is 0 Å². The summed E-state index contributed by atoms with van der Waals surface area (Å²) in [5.74, 6) is 0.503. The molecule has 0 radical (unpaired) electrons. The quantitative estimate of drug-likeness (QED) is 0.921. The fourth-order valence-electron chi connectivity index (χ4n) is 3.31. The minimum Gasteiger partial charge on any atom is -0.393 e. The monoisotopic (exact) mass is 276 g/mol. The van der Waals surface area contributed by atoms with Crippen LogP contribution in [-0.2, 0) is 0 Å². The number of amides is 1. The molecular formula is C16H24N2O2. The van der Waals surface area contributed by atoms with Crippen LogP contribution in [0, 0.1) is 5.92 Å². The Kier molecular flexibility index (Phi) is 3.83. The van der Waals surface area contributed by atoms with Crippen molar-refractivity contribution in [3.63, 3.8) is 0 Å². The third-order valence-corrected chi connectivity index (χ3v) is 4.98. The van der Waals surface area contributed by atoms with Crippen LogP contribution in [0.3, 0.4) is 0 Å². The number of piperidine rings is 1. The molecule has 1 aromatic heterocycles. The molecule has 1 saturated heterocycles. The zero-order valence-corrected chi connectivity index (χ0v) is 12.2. The first-order valence-electron chi connectivity index (χ1n) is 7.81. The zero-order valence-electron chi connectivity index (χ0n) is 12.2. The van der Waals surface area contributed by atoms with Crippen LogP contribution >= 0.6 is 0 Å². The molecule has 1 N–H and O–H groups in total. The summed E-state index contributed by atoms with van der Waals surface area (Å²) in [4.78, 5) is 14.6. The van der Waals surface area contributed by atoms with Crippen LogP contribution in [0.15, 0.2) is 18.3 Å². The molecule has 0 spiro atoms. The standard InChI is InChI=1S/C16H24N2O2/c1-12(19)13-7-10-17(11-8-13)16(20)15-6-3-9-18(15)14-4-2-5-14/h3,6,9,12-14,19H,2,4-5,7-8,10-11H2,1H3. The topological polar surface area (TPSA) is 45.5 Å². The largest absolute Gasteiger partial charge is 0.393 e. The van der Waals surface area contributed by atoms with E-state index in [0.29, 0.717) is 12.0 Å².